The molecule has 1 aliphatic rings. The Kier molecular flexibility index (Phi) is 4.21. The van der Waals surface area contributed by atoms with Crippen LogP contribution >= 0.6 is 15.9 Å². The molecule has 0 radical (unpaired) electrons. The molecule has 1 aliphatic carbocycles. The van der Waals surface area contributed by atoms with E-state index in [2.05, 4.69) is 15.9 Å². The number of halogens is 4. The first-order chi connectivity index (χ1) is 11.3. The lowest BCUT2D eigenvalue weighted by molar-refractivity contribution is -0.139. The number of ether oxygens (including phenoxy) is 2. The van der Waals surface area contributed by atoms with Crippen molar-refractivity contribution in [2.24, 2.45) is 0 Å². The number of fused-ring (bicyclic) bond motifs is 1. The molecule has 4 nitrogen and oxygen atoms in total. The number of Topliss-reactive ketones (excluding diaryl/α,β-unsaturated/α-hetero) is 1. The van der Waals surface area contributed by atoms with E-state index in [0.29, 0.717) is 5.56 Å². The van der Waals surface area contributed by atoms with E-state index in [1.165, 1.54) is 19.4 Å². The van der Waals surface area contributed by atoms with Crippen molar-refractivity contribution in [3.05, 3.63) is 39.6 Å². The fourth-order valence-corrected chi connectivity index (χ4v) is 3.81. The molecule has 8 heteroatoms. The van der Waals surface area contributed by atoms with Gasteiger partial charge in [-0.25, -0.2) is 0 Å². The first-order valence-corrected chi connectivity index (χ1v) is 7.71. The molecular formula is C16H12BrF3O4. The number of alkyl halides is 3. The molecule has 0 saturated heterocycles. The number of benzene rings is 1. The maximum Gasteiger partial charge on any atom is 0.421 e. The van der Waals surface area contributed by atoms with Gasteiger partial charge in [0.15, 0.2) is 5.78 Å². The van der Waals surface area contributed by atoms with Gasteiger partial charge in [0.1, 0.15) is 23.2 Å². The first kappa shape index (κ1) is 17.0. The Balaban J connectivity index is 2.43. The zero-order chi connectivity index (χ0) is 17.6. The molecule has 1 aromatic carbocycles. The van der Waals surface area contributed by atoms with E-state index in [9.17, 15) is 18.0 Å². The third-order valence-electron chi connectivity index (χ3n) is 3.96. The maximum atomic E-state index is 13.6. The monoisotopic (exact) mass is 404 g/mol. The summed E-state index contributed by atoms with van der Waals surface area (Å²) in [5.74, 6) is -0.682. The Morgan fingerprint density at radius 2 is 2.00 bits per heavy atom. The van der Waals surface area contributed by atoms with Crippen LogP contribution in [0, 0.1) is 0 Å². The molecule has 0 saturated carbocycles. The van der Waals surface area contributed by atoms with E-state index in [1.807, 2.05) is 0 Å². The second-order valence-electron chi connectivity index (χ2n) is 5.22. The van der Waals surface area contributed by atoms with Crippen LogP contribution in [0.3, 0.4) is 0 Å². The summed E-state index contributed by atoms with van der Waals surface area (Å²) < 4.78 is 56.0. The molecule has 1 heterocycles. The highest BCUT2D eigenvalue weighted by Crippen LogP contribution is 2.51. The molecule has 0 N–H and O–H groups in total. The van der Waals surface area contributed by atoms with Crippen LogP contribution in [0.1, 0.15) is 21.5 Å². The van der Waals surface area contributed by atoms with E-state index in [-0.39, 0.29) is 33.5 Å². The van der Waals surface area contributed by atoms with Gasteiger partial charge in [0, 0.05) is 23.6 Å². The van der Waals surface area contributed by atoms with Crippen LogP contribution in [0.25, 0.3) is 11.3 Å². The fraction of sp³-hybridized carbons (Fsp3) is 0.312. The highest BCUT2D eigenvalue weighted by molar-refractivity contribution is 9.10. The Bertz CT molecular complexity index is 797. The number of hydrogen-bond donors (Lipinski definition) is 0. The third kappa shape index (κ3) is 2.44. The van der Waals surface area contributed by atoms with Gasteiger partial charge >= 0.3 is 6.18 Å². The van der Waals surface area contributed by atoms with Gasteiger partial charge in [0.2, 0.25) is 0 Å². The molecule has 0 amide bonds. The average Bonchev–Trinajstić information content (AvgIpc) is 3.13. The van der Waals surface area contributed by atoms with Crippen molar-refractivity contribution in [1.29, 1.82) is 0 Å². The van der Waals surface area contributed by atoms with Crippen molar-refractivity contribution in [2.45, 2.75) is 18.7 Å². The summed E-state index contributed by atoms with van der Waals surface area (Å²) in [5, 5.41) is 0. The maximum absolute atomic E-state index is 13.6. The van der Waals surface area contributed by atoms with E-state index >= 15 is 0 Å². The van der Waals surface area contributed by atoms with Crippen LogP contribution in [-0.4, -0.2) is 26.1 Å². The Labute approximate surface area is 143 Å². The number of hydrogen-bond acceptors (Lipinski definition) is 4. The SMILES string of the molecule is COc1c(-c2ccco2)c2c(c(Br)c1C(F)(F)F)C(=O)C(OC)C2. The summed E-state index contributed by atoms with van der Waals surface area (Å²) in [6.45, 7) is 0. The number of methoxy groups -OCH3 is 2. The minimum atomic E-state index is -4.72. The van der Waals surface area contributed by atoms with Crippen molar-refractivity contribution in [2.75, 3.05) is 14.2 Å². The van der Waals surface area contributed by atoms with Crippen molar-refractivity contribution in [1.82, 2.24) is 0 Å². The van der Waals surface area contributed by atoms with Crippen LogP contribution in [0.2, 0.25) is 0 Å². The average molecular weight is 405 g/mol. The minimum Gasteiger partial charge on any atom is -0.495 e. The quantitative estimate of drug-likeness (QED) is 0.755. The third-order valence-corrected chi connectivity index (χ3v) is 4.76. The van der Waals surface area contributed by atoms with Crippen molar-refractivity contribution >= 4 is 21.7 Å². The minimum absolute atomic E-state index is 0.0404. The Morgan fingerprint density at radius 1 is 1.29 bits per heavy atom. The fourth-order valence-electron chi connectivity index (χ4n) is 2.97. The highest BCUT2D eigenvalue weighted by atomic mass is 79.9. The summed E-state index contributed by atoms with van der Waals surface area (Å²) in [6.07, 6.45) is -4.06. The lowest BCUT2D eigenvalue weighted by Crippen LogP contribution is -2.18. The molecule has 1 atom stereocenters. The molecule has 1 aromatic heterocycles. The van der Waals surface area contributed by atoms with E-state index in [4.69, 9.17) is 13.9 Å². The van der Waals surface area contributed by atoms with Crippen molar-refractivity contribution < 1.29 is 31.9 Å². The largest absolute Gasteiger partial charge is 0.495 e. The molecule has 0 fully saturated rings. The summed E-state index contributed by atoms with van der Waals surface area (Å²) in [5.41, 5.74) is -0.541. The molecule has 24 heavy (non-hydrogen) atoms. The lowest BCUT2D eigenvalue weighted by Gasteiger charge is -2.20. The van der Waals surface area contributed by atoms with Gasteiger partial charge in [-0.2, -0.15) is 13.2 Å². The van der Waals surface area contributed by atoms with E-state index in [0.717, 1.165) is 7.11 Å². The van der Waals surface area contributed by atoms with E-state index < -0.39 is 23.6 Å². The summed E-state index contributed by atoms with van der Waals surface area (Å²) >= 11 is 2.95. The number of carbonyl (C=O) groups excluding carboxylic acids is 1. The Morgan fingerprint density at radius 3 is 2.50 bits per heavy atom. The van der Waals surface area contributed by atoms with Crippen molar-refractivity contribution in [3.8, 4) is 17.1 Å². The molecule has 0 bridgehead atoms. The summed E-state index contributed by atoms with van der Waals surface area (Å²) in [7, 11) is 2.50. The second kappa shape index (κ2) is 5.93. The molecule has 2 aromatic rings. The van der Waals surface area contributed by atoms with Gasteiger partial charge in [0.05, 0.1) is 18.9 Å². The molecule has 0 aliphatic heterocycles. The molecular weight excluding hydrogens is 393 g/mol. The predicted molar refractivity (Wildman–Crippen MR) is 82.2 cm³/mol. The van der Waals surface area contributed by atoms with Crippen LogP contribution in [0.15, 0.2) is 27.3 Å². The van der Waals surface area contributed by atoms with Gasteiger partial charge in [0.25, 0.3) is 0 Å². The number of carbonyl (C=O) groups is 1. The summed E-state index contributed by atoms with van der Waals surface area (Å²) in [6, 6.07) is 3.08. The summed E-state index contributed by atoms with van der Waals surface area (Å²) in [4.78, 5) is 12.5. The zero-order valence-corrected chi connectivity index (χ0v) is 14.2. The predicted octanol–water partition coefficient (Wildman–Crippen LogP) is 4.49. The molecule has 3 rings (SSSR count). The Hall–Kier alpha value is -1.80. The van der Waals surface area contributed by atoms with Crippen LogP contribution < -0.4 is 4.74 Å². The normalized spacial score (nSPS) is 17.2. The molecule has 128 valence electrons. The smallest absolute Gasteiger partial charge is 0.421 e. The number of furan rings is 1. The van der Waals surface area contributed by atoms with Gasteiger partial charge < -0.3 is 13.9 Å². The second-order valence-corrected chi connectivity index (χ2v) is 6.01. The van der Waals surface area contributed by atoms with Crippen molar-refractivity contribution in [3.63, 3.8) is 0 Å². The topological polar surface area (TPSA) is 48.7 Å². The van der Waals surface area contributed by atoms with Crippen LogP contribution in [0.5, 0.6) is 5.75 Å². The number of rotatable bonds is 3. The molecule has 0 spiro atoms. The lowest BCUT2D eigenvalue weighted by atomic mass is 9.95. The van der Waals surface area contributed by atoms with Gasteiger partial charge in [-0.05, 0) is 33.6 Å². The molecule has 1 unspecified atom stereocenters. The van der Waals surface area contributed by atoms with Gasteiger partial charge in [-0.1, -0.05) is 0 Å². The van der Waals surface area contributed by atoms with Gasteiger partial charge in [-0.3, -0.25) is 4.79 Å². The van der Waals surface area contributed by atoms with Gasteiger partial charge in [-0.15, -0.1) is 0 Å². The zero-order valence-electron chi connectivity index (χ0n) is 12.7. The van der Waals surface area contributed by atoms with Crippen LogP contribution in [-0.2, 0) is 17.3 Å². The highest BCUT2D eigenvalue weighted by Gasteiger charge is 2.45. The van der Waals surface area contributed by atoms with E-state index in [1.54, 1.807) is 6.07 Å². The number of ketones is 1. The van der Waals surface area contributed by atoms with Crippen LogP contribution in [0.4, 0.5) is 13.2 Å². The standard InChI is InChI=1S/C16H12BrF3O4/c1-22-9-6-7-10(8-4-3-5-24-8)15(23-2)12(16(18,19)20)13(17)11(7)14(9)21/h3-5,9H,6H2,1-2H3. The first-order valence-electron chi connectivity index (χ1n) is 6.91.